The minimum Gasteiger partial charge on any atom is -0.376 e. The molecule has 94 valence electrons. The predicted octanol–water partition coefficient (Wildman–Crippen LogP) is 2.02. The monoisotopic (exact) mass is 255 g/mol. The highest BCUT2D eigenvalue weighted by atomic mass is 19.2. The molecule has 2 aromatic rings. The van der Waals surface area contributed by atoms with Crippen LogP contribution in [0.2, 0.25) is 0 Å². The third-order valence-corrected chi connectivity index (χ3v) is 3.06. The Balaban J connectivity index is 2.50. The van der Waals surface area contributed by atoms with Gasteiger partial charge in [-0.1, -0.05) is 0 Å². The average molecular weight is 255 g/mol. The average Bonchev–Trinajstić information content (AvgIpc) is 2.36. The molecule has 3 rings (SSSR count). The van der Waals surface area contributed by atoms with Gasteiger partial charge >= 0.3 is 0 Å². The maximum absolute atomic E-state index is 13.6. The van der Waals surface area contributed by atoms with Crippen LogP contribution in [-0.4, -0.2) is 11.6 Å². The van der Waals surface area contributed by atoms with Crippen LogP contribution in [0.25, 0.3) is 10.9 Å². The van der Waals surface area contributed by atoms with Crippen molar-refractivity contribution in [1.29, 1.82) is 0 Å². The minimum atomic E-state index is -1.37. The first-order valence-electron chi connectivity index (χ1n) is 5.38. The summed E-state index contributed by atoms with van der Waals surface area (Å²) >= 11 is 0. The number of H-pyrrole nitrogens is 1. The molecule has 2 heterocycles. The smallest absolute Gasteiger partial charge is 0.198 e. The summed E-state index contributed by atoms with van der Waals surface area (Å²) in [5.74, 6) is -3.68. The number of hydrogen-bond donors (Lipinski definition) is 1. The van der Waals surface area contributed by atoms with Crippen molar-refractivity contribution in [3.05, 3.63) is 45.0 Å². The van der Waals surface area contributed by atoms with Gasteiger partial charge in [0.05, 0.1) is 24.1 Å². The lowest BCUT2D eigenvalue weighted by Crippen LogP contribution is -2.23. The van der Waals surface area contributed by atoms with E-state index in [4.69, 9.17) is 4.74 Å². The number of ether oxygens (including phenoxy) is 1. The quantitative estimate of drug-likeness (QED) is 0.732. The van der Waals surface area contributed by atoms with E-state index in [2.05, 4.69) is 4.98 Å². The molecule has 1 aliphatic rings. The zero-order valence-electron chi connectivity index (χ0n) is 9.15. The summed E-state index contributed by atoms with van der Waals surface area (Å²) in [6.45, 7) is 0.428. The lowest BCUT2D eigenvalue weighted by molar-refractivity contribution is 0.108. The normalized spacial score (nSPS) is 14.8. The predicted molar refractivity (Wildman–Crippen MR) is 57.8 cm³/mol. The van der Waals surface area contributed by atoms with Crippen molar-refractivity contribution < 1.29 is 17.9 Å². The Labute approximate surface area is 99.2 Å². The summed E-state index contributed by atoms with van der Waals surface area (Å²) in [5, 5.41) is -0.586. The Bertz CT molecular complexity index is 709. The van der Waals surface area contributed by atoms with Gasteiger partial charge in [0.15, 0.2) is 22.9 Å². The molecule has 0 atom stereocenters. The molecular weight excluding hydrogens is 247 g/mol. The van der Waals surface area contributed by atoms with Crippen LogP contribution in [0.15, 0.2) is 10.9 Å². The van der Waals surface area contributed by atoms with Crippen molar-refractivity contribution in [3.8, 4) is 0 Å². The van der Waals surface area contributed by atoms with Crippen molar-refractivity contribution in [2.24, 2.45) is 0 Å². The third-order valence-electron chi connectivity index (χ3n) is 3.06. The van der Waals surface area contributed by atoms with Gasteiger partial charge in [0.25, 0.3) is 0 Å². The Morgan fingerprint density at radius 2 is 2.00 bits per heavy atom. The fourth-order valence-corrected chi connectivity index (χ4v) is 2.16. The van der Waals surface area contributed by atoms with Crippen LogP contribution in [0.3, 0.4) is 0 Å². The highest BCUT2D eigenvalue weighted by Gasteiger charge is 2.22. The number of hydrogen-bond acceptors (Lipinski definition) is 2. The maximum Gasteiger partial charge on any atom is 0.198 e. The lowest BCUT2D eigenvalue weighted by atomic mass is 10.0. The van der Waals surface area contributed by atoms with Crippen molar-refractivity contribution >= 4 is 10.9 Å². The van der Waals surface area contributed by atoms with E-state index in [1.807, 2.05) is 0 Å². The van der Waals surface area contributed by atoms with Gasteiger partial charge in [-0.15, -0.1) is 0 Å². The highest BCUT2D eigenvalue weighted by Crippen LogP contribution is 2.22. The van der Waals surface area contributed by atoms with Crippen molar-refractivity contribution in [2.75, 3.05) is 6.61 Å². The van der Waals surface area contributed by atoms with Gasteiger partial charge in [0, 0.05) is 23.7 Å². The molecule has 6 heteroatoms. The van der Waals surface area contributed by atoms with E-state index in [9.17, 15) is 18.0 Å². The lowest BCUT2D eigenvalue weighted by Gasteiger charge is -2.17. The Morgan fingerprint density at radius 3 is 2.78 bits per heavy atom. The van der Waals surface area contributed by atoms with Crippen LogP contribution in [-0.2, 0) is 17.8 Å². The third kappa shape index (κ3) is 1.45. The highest BCUT2D eigenvalue weighted by molar-refractivity contribution is 5.81. The molecule has 0 saturated carbocycles. The van der Waals surface area contributed by atoms with E-state index in [0.717, 1.165) is 0 Å². The molecule has 0 spiro atoms. The number of pyridine rings is 1. The first kappa shape index (κ1) is 11.3. The minimum absolute atomic E-state index is 0.0260. The molecule has 0 aliphatic carbocycles. The van der Waals surface area contributed by atoms with Crippen LogP contribution in [0.4, 0.5) is 13.2 Å². The number of benzene rings is 1. The summed E-state index contributed by atoms with van der Waals surface area (Å²) in [4.78, 5) is 14.7. The molecule has 1 aliphatic heterocycles. The molecule has 1 aromatic heterocycles. The van der Waals surface area contributed by atoms with Gasteiger partial charge in [-0.25, -0.2) is 13.2 Å². The SMILES string of the molecule is O=c1c2c([nH]c3c(F)cc(F)c(F)c13)CCOC2. The van der Waals surface area contributed by atoms with Crippen LogP contribution < -0.4 is 5.43 Å². The van der Waals surface area contributed by atoms with E-state index >= 15 is 0 Å². The zero-order valence-corrected chi connectivity index (χ0v) is 9.15. The van der Waals surface area contributed by atoms with E-state index in [-0.39, 0.29) is 17.7 Å². The summed E-state index contributed by atoms with van der Waals surface area (Å²) in [6, 6.07) is 0.430. The van der Waals surface area contributed by atoms with Crippen LogP contribution >= 0.6 is 0 Å². The second-order valence-corrected chi connectivity index (χ2v) is 4.12. The van der Waals surface area contributed by atoms with E-state index in [1.54, 1.807) is 0 Å². The van der Waals surface area contributed by atoms with E-state index < -0.39 is 28.3 Å². The van der Waals surface area contributed by atoms with Gasteiger partial charge < -0.3 is 9.72 Å². The number of aromatic nitrogens is 1. The van der Waals surface area contributed by atoms with E-state index in [1.165, 1.54) is 0 Å². The number of nitrogens with one attached hydrogen (secondary N) is 1. The first-order valence-corrected chi connectivity index (χ1v) is 5.38. The molecule has 0 radical (unpaired) electrons. The van der Waals surface area contributed by atoms with Gasteiger partial charge in [0.2, 0.25) is 0 Å². The Hall–Kier alpha value is -1.82. The van der Waals surface area contributed by atoms with Crippen molar-refractivity contribution in [2.45, 2.75) is 13.0 Å². The summed E-state index contributed by atoms with van der Waals surface area (Å²) in [6.07, 6.45) is 0.416. The van der Waals surface area contributed by atoms with Crippen LogP contribution in [0.5, 0.6) is 0 Å². The molecule has 1 aromatic carbocycles. The first-order chi connectivity index (χ1) is 8.59. The fraction of sp³-hybridized carbons (Fsp3) is 0.250. The molecule has 1 N–H and O–H groups in total. The molecule has 0 fully saturated rings. The van der Waals surface area contributed by atoms with Crippen LogP contribution in [0.1, 0.15) is 11.3 Å². The molecule has 0 amide bonds. The summed E-state index contributed by atoms with van der Waals surface area (Å²) < 4.78 is 45.4. The Kier molecular flexibility index (Phi) is 2.41. The maximum atomic E-state index is 13.6. The number of fused-ring (bicyclic) bond motifs is 2. The Morgan fingerprint density at radius 1 is 1.22 bits per heavy atom. The van der Waals surface area contributed by atoms with Crippen molar-refractivity contribution in [3.63, 3.8) is 0 Å². The molecular formula is C12H8F3NO2. The van der Waals surface area contributed by atoms with Gasteiger partial charge in [0.1, 0.15) is 0 Å². The molecule has 18 heavy (non-hydrogen) atoms. The number of halogens is 3. The number of rotatable bonds is 0. The second kappa shape index (κ2) is 3.84. The second-order valence-electron chi connectivity index (χ2n) is 4.12. The molecule has 0 bridgehead atoms. The van der Waals surface area contributed by atoms with Gasteiger partial charge in [-0.3, -0.25) is 4.79 Å². The largest absolute Gasteiger partial charge is 0.376 e. The van der Waals surface area contributed by atoms with Gasteiger partial charge in [-0.05, 0) is 0 Å². The molecule has 3 nitrogen and oxygen atoms in total. The van der Waals surface area contributed by atoms with Crippen molar-refractivity contribution in [1.82, 2.24) is 4.98 Å². The fourth-order valence-electron chi connectivity index (χ4n) is 2.16. The van der Waals surface area contributed by atoms with Gasteiger partial charge in [-0.2, -0.15) is 0 Å². The zero-order chi connectivity index (χ0) is 12.9. The summed E-state index contributed by atoms with van der Waals surface area (Å²) in [7, 11) is 0. The standard InChI is InChI=1S/C12H8F3NO2/c13-6-3-7(14)11-9(10(6)15)12(17)5-4-18-2-1-8(5)16-11/h3H,1-2,4H2,(H,16,17). The van der Waals surface area contributed by atoms with Crippen LogP contribution in [0, 0.1) is 17.5 Å². The topological polar surface area (TPSA) is 42.1 Å². The molecule has 0 unspecified atom stereocenters. The van der Waals surface area contributed by atoms with E-state index in [0.29, 0.717) is 24.8 Å². The number of aromatic amines is 1. The molecule has 0 saturated heterocycles. The summed E-state index contributed by atoms with van der Waals surface area (Å²) in [5.41, 5.74) is -0.254.